The van der Waals surface area contributed by atoms with Gasteiger partial charge in [-0.05, 0) is 63.9 Å². The maximum Gasteiger partial charge on any atom is 0.410 e. The van der Waals surface area contributed by atoms with E-state index < -0.39 is 5.60 Å². The van der Waals surface area contributed by atoms with Gasteiger partial charge in [-0.3, -0.25) is 9.69 Å². The van der Waals surface area contributed by atoms with E-state index in [9.17, 15) is 9.59 Å². The van der Waals surface area contributed by atoms with Crippen molar-refractivity contribution in [2.24, 2.45) is 5.92 Å². The number of thioether (sulfide) groups is 1. The number of hydrogen-bond donors (Lipinski definition) is 0. The molecule has 6 nitrogen and oxygen atoms in total. The van der Waals surface area contributed by atoms with E-state index in [4.69, 9.17) is 9.47 Å². The number of likely N-dealkylation sites (tertiary alicyclic amines) is 1. The van der Waals surface area contributed by atoms with Crippen LogP contribution in [-0.2, 0) is 11.3 Å². The van der Waals surface area contributed by atoms with Crippen molar-refractivity contribution in [1.29, 1.82) is 0 Å². The molecule has 1 aliphatic rings. The van der Waals surface area contributed by atoms with Crippen LogP contribution in [0.4, 0.5) is 4.79 Å². The molecule has 0 N–H and O–H groups in total. The zero-order valence-corrected chi connectivity index (χ0v) is 21.0. The minimum absolute atomic E-state index is 0.108. The van der Waals surface area contributed by atoms with E-state index in [1.54, 1.807) is 16.7 Å². The molecule has 0 unspecified atom stereocenters. The largest absolute Gasteiger partial charge is 0.493 e. The van der Waals surface area contributed by atoms with Crippen LogP contribution in [0.3, 0.4) is 0 Å². The third kappa shape index (κ3) is 7.79. The van der Waals surface area contributed by atoms with Gasteiger partial charge >= 0.3 is 6.09 Å². The Morgan fingerprint density at radius 3 is 2.45 bits per heavy atom. The van der Waals surface area contributed by atoms with Gasteiger partial charge in [0.15, 0.2) is 5.78 Å². The lowest BCUT2D eigenvalue weighted by atomic mass is 10.0. The Morgan fingerprint density at radius 1 is 1.12 bits per heavy atom. The van der Waals surface area contributed by atoms with Crippen LogP contribution in [0.1, 0.15) is 36.7 Å². The van der Waals surface area contributed by atoms with Gasteiger partial charge in [0.2, 0.25) is 0 Å². The molecule has 0 spiro atoms. The summed E-state index contributed by atoms with van der Waals surface area (Å²) in [6.07, 6.45) is 1.76. The summed E-state index contributed by atoms with van der Waals surface area (Å²) >= 11 is 1.66. The Hall–Kier alpha value is -2.51. The molecule has 2 aromatic carbocycles. The number of hydrogen-bond acceptors (Lipinski definition) is 6. The second-order valence-electron chi connectivity index (χ2n) is 9.53. The Morgan fingerprint density at radius 2 is 1.82 bits per heavy atom. The monoisotopic (exact) mass is 470 g/mol. The van der Waals surface area contributed by atoms with E-state index in [-0.39, 0.29) is 11.9 Å². The van der Waals surface area contributed by atoms with Gasteiger partial charge in [0, 0.05) is 36.0 Å². The summed E-state index contributed by atoms with van der Waals surface area (Å²) in [6.45, 7) is 8.48. The van der Waals surface area contributed by atoms with Crippen molar-refractivity contribution >= 4 is 23.6 Å². The van der Waals surface area contributed by atoms with Gasteiger partial charge in [0.25, 0.3) is 0 Å². The molecule has 0 aliphatic carbocycles. The highest BCUT2D eigenvalue weighted by atomic mass is 32.2. The van der Waals surface area contributed by atoms with Crippen molar-refractivity contribution < 1.29 is 19.1 Å². The van der Waals surface area contributed by atoms with Crippen molar-refractivity contribution in [2.75, 3.05) is 39.5 Å². The lowest BCUT2D eigenvalue weighted by Gasteiger charge is -2.39. The first-order valence-corrected chi connectivity index (χ1v) is 12.4. The Bertz CT molecular complexity index is 950. The predicted octanol–water partition coefficient (Wildman–Crippen LogP) is 4.97. The van der Waals surface area contributed by atoms with E-state index >= 15 is 0 Å². The number of carbonyl (C=O) groups excluding carboxylic acids is 2. The Balaban J connectivity index is 1.43. The quantitative estimate of drug-likeness (QED) is 0.381. The Kier molecular flexibility index (Phi) is 8.43. The van der Waals surface area contributed by atoms with E-state index in [1.165, 1.54) is 0 Å². The molecule has 0 radical (unpaired) electrons. The van der Waals surface area contributed by atoms with Gasteiger partial charge in [0.05, 0.1) is 13.2 Å². The fourth-order valence-corrected chi connectivity index (χ4v) is 3.99. The van der Waals surface area contributed by atoms with E-state index in [1.807, 2.05) is 87.5 Å². The second-order valence-corrected chi connectivity index (χ2v) is 10.4. The number of amides is 1. The number of Topliss-reactive ketones (excluding diaryl/α,β-unsaturated/α-hetero) is 1. The van der Waals surface area contributed by atoms with Gasteiger partial charge < -0.3 is 14.4 Å². The molecule has 1 heterocycles. The van der Waals surface area contributed by atoms with E-state index in [2.05, 4.69) is 0 Å². The molecule has 2 aromatic rings. The number of ether oxygens (including phenoxy) is 2. The third-order valence-corrected chi connectivity index (χ3v) is 6.01. The Labute approximate surface area is 201 Å². The highest BCUT2D eigenvalue weighted by Gasteiger charge is 2.34. The number of rotatable bonds is 9. The molecule has 1 amide bonds. The normalized spacial score (nSPS) is 14.2. The molecule has 0 saturated carbocycles. The van der Waals surface area contributed by atoms with Crippen molar-refractivity contribution in [3.8, 4) is 5.75 Å². The zero-order valence-electron chi connectivity index (χ0n) is 20.2. The van der Waals surface area contributed by atoms with Crippen LogP contribution in [0.25, 0.3) is 0 Å². The van der Waals surface area contributed by atoms with Gasteiger partial charge in [-0.1, -0.05) is 24.3 Å². The summed E-state index contributed by atoms with van der Waals surface area (Å²) in [5, 5.41) is 0. The van der Waals surface area contributed by atoms with Crippen LogP contribution in [0.2, 0.25) is 0 Å². The highest BCUT2D eigenvalue weighted by molar-refractivity contribution is 7.98. The smallest absolute Gasteiger partial charge is 0.410 e. The van der Waals surface area contributed by atoms with Crippen LogP contribution in [-0.4, -0.2) is 66.8 Å². The van der Waals surface area contributed by atoms with Crippen LogP contribution < -0.4 is 4.74 Å². The number of nitrogens with zero attached hydrogens (tertiary/aromatic N) is 2. The molecular weight excluding hydrogens is 436 g/mol. The van der Waals surface area contributed by atoms with Crippen molar-refractivity contribution in [3.63, 3.8) is 0 Å². The lowest BCUT2D eigenvalue weighted by Crippen LogP contribution is -2.53. The van der Waals surface area contributed by atoms with Crippen molar-refractivity contribution in [1.82, 2.24) is 9.80 Å². The van der Waals surface area contributed by atoms with Crippen molar-refractivity contribution in [2.45, 2.75) is 37.8 Å². The number of likely N-dealkylation sites (N-methyl/N-ethyl adjacent to an activating group) is 1. The van der Waals surface area contributed by atoms with Crippen LogP contribution >= 0.6 is 11.8 Å². The van der Waals surface area contributed by atoms with Gasteiger partial charge in [-0.25, -0.2) is 4.79 Å². The average molecular weight is 471 g/mol. The zero-order chi connectivity index (χ0) is 24.0. The molecule has 7 heteroatoms. The van der Waals surface area contributed by atoms with Crippen LogP contribution in [0.5, 0.6) is 5.75 Å². The van der Waals surface area contributed by atoms with Gasteiger partial charge in [-0.2, -0.15) is 0 Å². The minimum Gasteiger partial charge on any atom is -0.493 e. The number of ketones is 1. The van der Waals surface area contributed by atoms with E-state index in [0.717, 1.165) is 21.8 Å². The third-order valence-electron chi connectivity index (χ3n) is 5.27. The molecule has 1 aliphatic heterocycles. The molecule has 3 rings (SSSR count). The maximum absolute atomic E-state index is 12.6. The molecule has 0 bridgehead atoms. The summed E-state index contributed by atoms with van der Waals surface area (Å²) in [5.41, 5.74) is 1.34. The van der Waals surface area contributed by atoms with Gasteiger partial charge in [0.1, 0.15) is 11.4 Å². The average Bonchev–Trinajstić information content (AvgIpc) is 2.71. The molecule has 0 atom stereocenters. The number of benzene rings is 2. The molecule has 1 saturated heterocycles. The summed E-state index contributed by atoms with van der Waals surface area (Å²) in [5.74, 6) is 1.21. The van der Waals surface area contributed by atoms with Gasteiger partial charge in [-0.15, -0.1) is 11.8 Å². The van der Waals surface area contributed by atoms with Crippen molar-refractivity contribution in [3.05, 3.63) is 59.7 Å². The molecule has 178 valence electrons. The number of carbonyl (C=O) groups is 2. The fraction of sp³-hybridized carbons (Fsp3) is 0.462. The summed E-state index contributed by atoms with van der Waals surface area (Å²) in [4.78, 5) is 29.5. The summed E-state index contributed by atoms with van der Waals surface area (Å²) in [7, 11) is 1.95. The topological polar surface area (TPSA) is 59.1 Å². The molecular formula is C26H34N2O4S. The van der Waals surface area contributed by atoms with Crippen LogP contribution in [0, 0.1) is 5.92 Å². The molecule has 33 heavy (non-hydrogen) atoms. The molecule has 1 fully saturated rings. The van der Waals surface area contributed by atoms with E-state index in [0.29, 0.717) is 38.7 Å². The fourth-order valence-electron chi connectivity index (χ4n) is 3.58. The standard InChI is InChI=1S/C26H34N2O4S/c1-26(2,3)32-25(30)28-15-20(16-28)18-31-22-8-6-7-19(13-22)14-27(4)17-24(29)21-9-11-23(33-5)12-10-21/h6-13,20H,14-18H2,1-5H3. The highest BCUT2D eigenvalue weighted by Crippen LogP contribution is 2.22. The first-order valence-electron chi connectivity index (χ1n) is 11.2. The predicted molar refractivity (Wildman–Crippen MR) is 132 cm³/mol. The SMILES string of the molecule is CSc1ccc(C(=O)CN(C)Cc2cccc(OCC3CN(C(=O)OC(C)(C)C)C3)c2)cc1. The lowest BCUT2D eigenvalue weighted by molar-refractivity contribution is -0.00782. The molecule has 0 aromatic heterocycles. The summed E-state index contributed by atoms with van der Waals surface area (Å²) in [6, 6.07) is 15.7. The summed E-state index contributed by atoms with van der Waals surface area (Å²) < 4.78 is 11.4. The maximum atomic E-state index is 12.6. The van der Waals surface area contributed by atoms with Crippen LogP contribution in [0.15, 0.2) is 53.4 Å². The first-order chi connectivity index (χ1) is 15.6. The first kappa shape index (κ1) is 25.1. The minimum atomic E-state index is -0.476. The second kappa shape index (κ2) is 11.1.